The summed E-state index contributed by atoms with van der Waals surface area (Å²) in [6.07, 6.45) is 11.2. The van der Waals surface area contributed by atoms with E-state index in [2.05, 4.69) is 59.5 Å². The van der Waals surface area contributed by atoms with Crippen molar-refractivity contribution in [3.05, 3.63) is 72.3 Å². The first-order valence-electron chi connectivity index (χ1n) is 15.9. The third kappa shape index (κ3) is 7.03. The minimum Gasteiger partial charge on any atom is -0.497 e. The lowest BCUT2D eigenvalue weighted by molar-refractivity contribution is -0.134. The molecular weight excluding hydrogens is 538 g/mol. The maximum absolute atomic E-state index is 11.5. The second kappa shape index (κ2) is 13.4. The van der Waals surface area contributed by atoms with Crippen molar-refractivity contribution >= 4 is 25.6 Å². The summed E-state index contributed by atoms with van der Waals surface area (Å²) in [6.45, 7) is 2.68. The van der Waals surface area contributed by atoms with Crippen molar-refractivity contribution in [3.63, 3.8) is 0 Å². The Bertz CT molecular complexity index is 1340. The van der Waals surface area contributed by atoms with E-state index in [-0.39, 0.29) is 0 Å². The predicted molar refractivity (Wildman–Crippen MR) is 172 cm³/mol. The number of benzene rings is 3. The maximum Gasteiger partial charge on any atom is 0.300 e. The fourth-order valence-electron chi connectivity index (χ4n) is 6.93. The first-order chi connectivity index (χ1) is 20.6. The molecule has 2 aliphatic carbocycles. The molecule has 3 aromatic rings. The average molecular weight is 583 g/mol. The van der Waals surface area contributed by atoms with E-state index in [1.807, 2.05) is 12.1 Å². The maximum atomic E-state index is 11.5. The van der Waals surface area contributed by atoms with Crippen LogP contribution in [0.15, 0.2) is 66.7 Å². The van der Waals surface area contributed by atoms with E-state index in [1.54, 1.807) is 7.11 Å². The highest BCUT2D eigenvalue weighted by atomic mass is 28.3. The van der Waals surface area contributed by atoms with Gasteiger partial charge in [-0.3, -0.25) is 4.79 Å². The molecule has 3 aromatic carbocycles. The van der Waals surface area contributed by atoms with E-state index in [0.29, 0.717) is 24.1 Å². The van der Waals surface area contributed by atoms with Gasteiger partial charge in [0, 0.05) is 36.5 Å². The zero-order valence-corrected chi connectivity index (χ0v) is 25.9. The fraction of sp³-hybridized carbons (Fsp3) is 0.472. The first kappa shape index (κ1) is 28.8. The van der Waals surface area contributed by atoms with Crippen molar-refractivity contribution in [3.8, 4) is 22.6 Å². The highest BCUT2D eigenvalue weighted by Gasteiger charge is 2.35. The average Bonchev–Trinajstić information content (AvgIpc) is 3.89. The number of anilines is 1. The molecule has 1 saturated heterocycles. The van der Waals surface area contributed by atoms with Gasteiger partial charge in [-0.1, -0.05) is 73.7 Å². The lowest BCUT2D eigenvalue weighted by Crippen LogP contribution is -2.36. The van der Waals surface area contributed by atoms with Crippen LogP contribution in [0.1, 0.15) is 69.3 Å². The number of ether oxygens (including phenoxy) is 2. The molecule has 221 valence electrons. The molecule has 5 nitrogen and oxygen atoms in total. The topological polar surface area (TPSA) is 59.0 Å². The summed E-state index contributed by atoms with van der Waals surface area (Å²) >= 11 is 0. The van der Waals surface area contributed by atoms with Crippen molar-refractivity contribution < 1.29 is 19.4 Å². The molecule has 6 rings (SSSR count). The lowest BCUT2D eigenvalue weighted by atomic mass is 9.83. The van der Waals surface area contributed by atoms with E-state index in [4.69, 9.17) is 9.47 Å². The standard InChI is InChI=1S/C36H44NO4Si/c1-40-30-14-17-34(29-12-10-28(11-13-29)27-6-3-2-4-7-27)35(23-30)37-20-18-26(19-21-37)24-41-31-8-5-9-33(22-31)42(25-36(38)39)32-15-16-32/h5,8-14,17,22-23,26-27,32H,2-4,6-7,15-16,18-21,24-25H2,1H3,(H,38,39). The molecule has 6 heteroatoms. The van der Waals surface area contributed by atoms with Crippen LogP contribution in [0.2, 0.25) is 11.6 Å². The van der Waals surface area contributed by atoms with Crippen molar-refractivity contribution in [1.29, 1.82) is 0 Å². The van der Waals surface area contributed by atoms with Gasteiger partial charge in [-0.05, 0) is 78.5 Å². The van der Waals surface area contributed by atoms with E-state index >= 15 is 0 Å². The molecule has 1 aliphatic heterocycles. The molecule has 1 heterocycles. The van der Waals surface area contributed by atoms with Crippen molar-refractivity contribution in [1.82, 2.24) is 0 Å². The molecule has 0 unspecified atom stereocenters. The Kier molecular flexibility index (Phi) is 9.18. The molecule has 0 spiro atoms. The summed E-state index contributed by atoms with van der Waals surface area (Å²) in [5.41, 5.74) is 5.88. The number of carbonyl (C=O) groups is 1. The first-order valence-corrected chi connectivity index (χ1v) is 17.7. The highest BCUT2D eigenvalue weighted by Crippen LogP contribution is 2.41. The van der Waals surface area contributed by atoms with E-state index in [0.717, 1.165) is 43.3 Å². The third-order valence-corrected chi connectivity index (χ3v) is 12.9. The predicted octanol–water partition coefficient (Wildman–Crippen LogP) is 7.66. The third-order valence-electron chi connectivity index (χ3n) is 9.56. The second-order valence-corrected chi connectivity index (χ2v) is 15.3. The second-order valence-electron chi connectivity index (χ2n) is 12.5. The Hall–Kier alpha value is -3.25. The smallest absolute Gasteiger partial charge is 0.300 e. The van der Waals surface area contributed by atoms with Gasteiger partial charge in [0.1, 0.15) is 20.3 Å². The van der Waals surface area contributed by atoms with Crippen LogP contribution in [0.3, 0.4) is 0 Å². The monoisotopic (exact) mass is 582 g/mol. The number of hydrogen-bond acceptors (Lipinski definition) is 4. The van der Waals surface area contributed by atoms with Crippen molar-refractivity contribution in [2.24, 2.45) is 5.92 Å². The number of carboxylic acid groups (broad SMARTS) is 1. The van der Waals surface area contributed by atoms with E-state index in [1.165, 1.54) is 72.5 Å². The Morgan fingerprint density at radius 2 is 1.64 bits per heavy atom. The molecule has 0 amide bonds. The number of nitrogens with zero attached hydrogens (tertiary/aromatic N) is 1. The summed E-state index contributed by atoms with van der Waals surface area (Å²) < 4.78 is 11.9. The number of hydrogen-bond donors (Lipinski definition) is 1. The van der Waals surface area contributed by atoms with Crippen LogP contribution in [0.25, 0.3) is 11.1 Å². The molecule has 1 radical (unpaired) electrons. The molecule has 2 saturated carbocycles. The van der Waals surface area contributed by atoms with Gasteiger partial charge in [-0.2, -0.15) is 0 Å². The Morgan fingerprint density at radius 3 is 2.33 bits per heavy atom. The normalized spacial score (nSPS) is 18.3. The number of aliphatic carboxylic acids is 1. The van der Waals surface area contributed by atoms with E-state index in [9.17, 15) is 9.90 Å². The van der Waals surface area contributed by atoms with Crippen LogP contribution in [0.5, 0.6) is 11.5 Å². The van der Waals surface area contributed by atoms with E-state index < -0.39 is 14.8 Å². The summed E-state index contributed by atoms with van der Waals surface area (Å²) in [4.78, 5) is 14.0. The Labute approximate surface area is 252 Å². The minimum absolute atomic E-state index is 0.300. The lowest BCUT2D eigenvalue weighted by Gasteiger charge is -2.35. The minimum atomic E-state index is -1.07. The zero-order chi connectivity index (χ0) is 28.9. The van der Waals surface area contributed by atoms with Crippen LogP contribution >= 0.6 is 0 Å². The highest BCUT2D eigenvalue weighted by molar-refractivity contribution is 6.77. The van der Waals surface area contributed by atoms with Crippen LogP contribution in [0, 0.1) is 5.92 Å². The van der Waals surface area contributed by atoms with Crippen LogP contribution in [0.4, 0.5) is 5.69 Å². The van der Waals surface area contributed by atoms with Gasteiger partial charge < -0.3 is 19.5 Å². The van der Waals surface area contributed by atoms with Crippen molar-refractivity contribution in [2.45, 2.75) is 75.3 Å². The van der Waals surface area contributed by atoms with Gasteiger partial charge in [0.15, 0.2) is 0 Å². The summed E-state index contributed by atoms with van der Waals surface area (Å²) in [7, 11) is 0.676. The SMILES string of the molecule is COc1ccc(-c2ccc(C3CCCCC3)cc2)c(N2CCC(COc3cccc([Si](CC(=O)O)C4CC4)c3)CC2)c1. The van der Waals surface area contributed by atoms with Gasteiger partial charge in [-0.25, -0.2) is 0 Å². The molecule has 0 bridgehead atoms. The number of carboxylic acids is 1. The molecule has 0 atom stereocenters. The number of methoxy groups -OCH3 is 1. The summed E-state index contributed by atoms with van der Waals surface area (Å²) in [6, 6.07) is 24.4. The molecule has 3 fully saturated rings. The van der Waals surface area contributed by atoms with Gasteiger partial charge in [-0.15, -0.1) is 0 Å². The van der Waals surface area contributed by atoms with Gasteiger partial charge >= 0.3 is 5.97 Å². The quantitative estimate of drug-likeness (QED) is 0.235. The fourth-order valence-corrected chi connectivity index (χ4v) is 9.72. The van der Waals surface area contributed by atoms with Crippen molar-refractivity contribution in [2.75, 3.05) is 31.7 Å². The Morgan fingerprint density at radius 1 is 0.881 bits per heavy atom. The van der Waals surface area contributed by atoms with Gasteiger partial charge in [0.25, 0.3) is 0 Å². The molecular formula is C36H44NO4Si. The molecule has 3 aliphatic rings. The molecule has 42 heavy (non-hydrogen) atoms. The zero-order valence-electron chi connectivity index (χ0n) is 24.9. The van der Waals surface area contributed by atoms with Gasteiger partial charge in [0.2, 0.25) is 0 Å². The van der Waals surface area contributed by atoms with Crippen LogP contribution in [-0.4, -0.2) is 46.7 Å². The van der Waals surface area contributed by atoms with Crippen LogP contribution in [-0.2, 0) is 4.79 Å². The number of rotatable bonds is 11. The molecule has 0 aromatic heterocycles. The van der Waals surface area contributed by atoms with Gasteiger partial charge in [0.05, 0.1) is 13.7 Å². The molecule has 1 N–H and O–H groups in total. The largest absolute Gasteiger partial charge is 0.497 e. The summed E-state index contributed by atoms with van der Waals surface area (Å²) in [5, 5.41) is 10.6. The Balaban J connectivity index is 1.09. The number of piperidine rings is 1. The van der Waals surface area contributed by atoms with Crippen LogP contribution < -0.4 is 19.6 Å². The summed E-state index contributed by atoms with van der Waals surface area (Å²) in [5.74, 6) is 2.33.